The molecule has 0 spiro atoms. The van der Waals surface area contributed by atoms with Gasteiger partial charge in [0.15, 0.2) is 0 Å². The summed E-state index contributed by atoms with van der Waals surface area (Å²) in [4.78, 5) is 7.35. The monoisotopic (exact) mass is 422 g/mol. The van der Waals surface area contributed by atoms with Crippen LogP contribution >= 0.6 is 34.6 Å². The molecule has 142 valence electrons. The molecule has 0 radical (unpaired) electrons. The van der Waals surface area contributed by atoms with Crippen LogP contribution in [0, 0.1) is 0 Å². The van der Waals surface area contributed by atoms with E-state index < -0.39 is 0 Å². The topological polar surface area (TPSA) is 38.9 Å². The Labute approximate surface area is 178 Å². The minimum Gasteiger partial charge on any atom is -0.274 e. The van der Waals surface area contributed by atoms with Gasteiger partial charge in [-0.3, -0.25) is 5.14 Å². The molecule has 28 heavy (non-hydrogen) atoms. The first-order chi connectivity index (χ1) is 13.8. The Morgan fingerprint density at radius 1 is 0.893 bits per heavy atom. The summed E-state index contributed by atoms with van der Waals surface area (Å²) < 4.78 is 0. The molecular formula is C23H22N2S3. The van der Waals surface area contributed by atoms with Crippen molar-refractivity contribution in [2.45, 2.75) is 30.1 Å². The van der Waals surface area contributed by atoms with E-state index >= 15 is 0 Å². The summed E-state index contributed by atoms with van der Waals surface area (Å²) in [5.41, 5.74) is 3.93. The van der Waals surface area contributed by atoms with E-state index in [4.69, 9.17) is 10.1 Å². The van der Waals surface area contributed by atoms with Crippen molar-refractivity contribution in [3.8, 4) is 9.88 Å². The lowest BCUT2D eigenvalue weighted by molar-refractivity contribution is 0.608. The molecule has 0 aliphatic carbocycles. The molecule has 2 aromatic carbocycles. The summed E-state index contributed by atoms with van der Waals surface area (Å²) in [5, 5.41) is 11.1. The number of aromatic nitrogens is 1. The maximum atomic E-state index is 5.66. The first kappa shape index (κ1) is 19.4. The van der Waals surface area contributed by atoms with Crippen LogP contribution in [0.2, 0.25) is 0 Å². The Balaban J connectivity index is 1.55. The van der Waals surface area contributed by atoms with Crippen LogP contribution in [0.25, 0.3) is 9.88 Å². The Bertz CT molecular complexity index is 976. The van der Waals surface area contributed by atoms with Crippen LogP contribution in [0.15, 0.2) is 82.4 Å². The fraction of sp³-hybridized carbons (Fsp3) is 0.174. The van der Waals surface area contributed by atoms with Crippen molar-refractivity contribution in [2.24, 2.45) is 5.14 Å². The molecule has 2 heterocycles. The first-order valence-electron chi connectivity index (χ1n) is 9.31. The predicted molar refractivity (Wildman–Crippen MR) is 123 cm³/mol. The Morgan fingerprint density at radius 2 is 1.71 bits per heavy atom. The van der Waals surface area contributed by atoms with Crippen LogP contribution < -0.4 is 5.14 Å². The number of benzene rings is 2. The van der Waals surface area contributed by atoms with Crippen LogP contribution in [0.3, 0.4) is 0 Å². The number of thiazole rings is 1. The maximum Gasteiger partial charge on any atom is 0.133 e. The number of hydrogen-bond donors (Lipinski definition) is 1. The molecule has 2 nitrogen and oxygen atoms in total. The van der Waals surface area contributed by atoms with Gasteiger partial charge in [0.1, 0.15) is 5.01 Å². The molecule has 5 heteroatoms. The number of aryl methyl sites for hydroxylation is 1. The molecule has 0 bridgehead atoms. The second-order valence-corrected chi connectivity index (χ2v) is 9.25. The molecule has 0 amide bonds. The highest BCUT2D eigenvalue weighted by Crippen LogP contribution is 2.33. The van der Waals surface area contributed by atoms with Gasteiger partial charge >= 0.3 is 0 Å². The highest BCUT2D eigenvalue weighted by molar-refractivity contribution is 7.97. The zero-order valence-corrected chi connectivity index (χ0v) is 17.9. The third-order valence-corrected chi connectivity index (χ3v) is 7.28. The predicted octanol–water partition coefficient (Wildman–Crippen LogP) is 6.80. The van der Waals surface area contributed by atoms with Gasteiger partial charge in [-0.05, 0) is 65.9 Å². The highest BCUT2D eigenvalue weighted by atomic mass is 32.2. The minimum absolute atomic E-state index is 0.404. The van der Waals surface area contributed by atoms with E-state index in [0.717, 1.165) is 29.2 Å². The summed E-state index contributed by atoms with van der Waals surface area (Å²) in [6, 6.07) is 23.6. The Kier molecular flexibility index (Phi) is 6.60. The SMILES string of the molecule is NSc1ccc(CC(CCc2ccccc2)c2csc(-c3cccs3)n2)cc1. The first-order valence-corrected chi connectivity index (χ1v) is 11.9. The second-order valence-electron chi connectivity index (χ2n) is 6.74. The molecule has 0 aliphatic heterocycles. The van der Waals surface area contributed by atoms with Gasteiger partial charge < -0.3 is 0 Å². The van der Waals surface area contributed by atoms with E-state index in [1.165, 1.54) is 33.6 Å². The minimum atomic E-state index is 0.404. The summed E-state index contributed by atoms with van der Waals surface area (Å²) in [6.45, 7) is 0. The van der Waals surface area contributed by atoms with Crippen molar-refractivity contribution in [1.82, 2.24) is 4.98 Å². The van der Waals surface area contributed by atoms with Gasteiger partial charge in [-0.1, -0.05) is 48.5 Å². The van der Waals surface area contributed by atoms with Crippen LogP contribution in [0.1, 0.15) is 29.2 Å². The molecule has 0 saturated carbocycles. The molecule has 1 atom stereocenters. The Hall–Kier alpha value is -1.92. The summed E-state index contributed by atoms with van der Waals surface area (Å²) >= 11 is 4.80. The van der Waals surface area contributed by atoms with Gasteiger partial charge in [0.25, 0.3) is 0 Å². The van der Waals surface area contributed by atoms with Crippen molar-refractivity contribution < 1.29 is 0 Å². The second kappa shape index (κ2) is 9.52. The lowest BCUT2D eigenvalue weighted by atomic mass is 9.91. The van der Waals surface area contributed by atoms with Crippen molar-refractivity contribution in [2.75, 3.05) is 0 Å². The van der Waals surface area contributed by atoms with Gasteiger partial charge in [0.05, 0.1) is 10.6 Å². The van der Waals surface area contributed by atoms with Crippen molar-refractivity contribution in [3.05, 3.63) is 94.3 Å². The fourth-order valence-corrected chi connectivity index (χ4v) is 5.32. The highest BCUT2D eigenvalue weighted by Gasteiger charge is 2.17. The van der Waals surface area contributed by atoms with Crippen molar-refractivity contribution >= 4 is 34.6 Å². The number of hydrogen-bond acceptors (Lipinski definition) is 5. The standard InChI is InChI=1S/C23H22N2S3/c24-28-20-12-9-18(10-13-20)15-19(11-8-17-5-2-1-3-6-17)21-16-27-23(25-21)22-7-4-14-26-22/h1-7,9-10,12-14,16,19H,8,11,15,24H2. The van der Waals surface area contributed by atoms with E-state index in [0.29, 0.717) is 5.92 Å². The number of rotatable bonds is 8. The van der Waals surface area contributed by atoms with Gasteiger partial charge in [-0.2, -0.15) is 0 Å². The molecular weight excluding hydrogens is 400 g/mol. The lowest BCUT2D eigenvalue weighted by Gasteiger charge is -2.15. The largest absolute Gasteiger partial charge is 0.274 e. The smallest absolute Gasteiger partial charge is 0.133 e. The lowest BCUT2D eigenvalue weighted by Crippen LogP contribution is -2.06. The van der Waals surface area contributed by atoms with Crippen LogP contribution in [-0.2, 0) is 12.8 Å². The molecule has 2 aromatic heterocycles. The summed E-state index contributed by atoms with van der Waals surface area (Å²) in [5.74, 6) is 0.404. The molecule has 4 rings (SSSR count). The number of nitrogens with two attached hydrogens (primary N) is 1. The van der Waals surface area contributed by atoms with Crippen LogP contribution in [0.5, 0.6) is 0 Å². The van der Waals surface area contributed by atoms with Crippen LogP contribution in [0.4, 0.5) is 0 Å². The van der Waals surface area contributed by atoms with E-state index in [1.54, 1.807) is 22.7 Å². The third-order valence-electron chi connectivity index (χ3n) is 4.84. The van der Waals surface area contributed by atoms with Crippen molar-refractivity contribution in [3.63, 3.8) is 0 Å². The Morgan fingerprint density at radius 3 is 2.43 bits per heavy atom. The molecule has 2 N–H and O–H groups in total. The van der Waals surface area contributed by atoms with Crippen molar-refractivity contribution in [1.29, 1.82) is 0 Å². The quantitative estimate of drug-likeness (QED) is 0.317. The van der Waals surface area contributed by atoms with Gasteiger partial charge in [0.2, 0.25) is 0 Å². The molecule has 0 aliphatic rings. The molecule has 1 unspecified atom stereocenters. The van der Waals surface area contributed by atoms with E-state index in [-0.39, 0.29) is 0 Å². The molecule has 0 saturated heterocycles. The van der Waals surface area contributed by atoms with E-state index in [2.05, 4.69) is 77.5 Å². The van der Waals surface area contributed by atoms with Gasteiger partial charge in [-0.15, -0.1) is 22.7 Å². The van der Waals surface area contributed by atoms with Gasteiger partial charge in [-0.25, -0.2) is 4.98 Å². The zero-order valence-electron chi connectivity index (χ0n) is 15.5. The average molecular weight is 423 g/mol. The molecule has 0 fully saturated rings. The zero-order chi connectivity index (χ0) is 19.2. The third kappa shape index (κ3) is 4.92. The normalized spacial score (nSPS) is 12.2. The van der Waals surface area contributed by atoms with Crippen LogP contribution in [-0.4, -0.2) is 4.98 Å². The number of nitrogens with zero attached hydrogens (tertiary/aromatic N) is 1. The fourth-order valence-electron chi connectivity index (χ4n) is 3.32. The van der Waals surface area contributed by atoms with E-state index in [9.17, 15) is 0 Å². The van der Waals surface area contributed by atoms with Gasteiger partial charge in [0, 0.05) is 16.2 Å². The average Bonchev–Trinajstić information content (AvgIpc) is 3.44. The summed E-state index contributed by atoms with van der Waals surface area (Å²) in [7, 11) is 0. The summed E-state index contributed by atoms with van der Waals surface area (Å²) in [6.07, 6.45) is 3.15. The molecule has 4 aromatic rings. The number of thiophene rings is 1. The van der Waals surface area contributed by atoms with E-state index in [1.807, 2.05) is 0 Å². The maximum absolute atomic E-state index is 5.66.